The monoisotopic (exact) mass is 334 g/mol. The van der Waals surface area contributed by atoms with Gasteiger partial charge >= 0.3 is 0 Å². The zero-order valence-electron chi connectivity index (χ0n) is 12.8. The molecule has 1 aliphatic heterocycles. The highest BCUT2D eigenvalue weighted by molar-refractivity contribution is 7.16. The molecule has 122 valence electrons. The van der Waals surface area contributed by atoms with Crippen LogP contribution < -0.4 is 5.32 Å². The van der Waals surface area contributed by atoms with E-state index in [2.05, 4.69) is 20.3 Å². The van der Waals surface area contributed by atoms with Crippen LogP contribution in [-0.2, 0) is 9.47 Å². The fraction of sp³-hybridized carbons (Fsp3) is 0.467. The van der Waals surface area contributed by atoms with E-state index in [1.807, 2.05) is 0 Å². The summed E-state index contributed by atoms with van der Waals surface area (Å²) in [6.45, 7) is 1.71. The summed E-state index contributed by atoms with van der Waals surface area (Å²) in [5.41, 5.74) is -0.377. The van der Waals surface area contributed by atoms with Gasteiger partial charge in [-0.15, -0.1) is 11.3 Å². The Bertz CT molecular complexity index is 650. The van der Waals surface area contributed by atoms with E-state index < -0.39 is 0 Å². The molecule has 2 aromatic rings. The van der Waals surface area contributed by atoms with E-state index in [4.69, 9.17) is 9.47 Å². The highest BCUT2D eigenvalue weighted by Crippen LogP contribution is 2.25. The predicted molar refractivity (Wildman–Crippen MR) is 85.3 cm³/mol. The maximum atomic E-state index is 12.6. The Balaban J connectivity index is 1.74. The molecule has 0 atom stereocenters. The van der Waals surface area contributed by atoms with Gasteiger partial charge in [-0.25, -0.2) is 15.0 Å². The lowest BCUT2D eigenvalue weighted by Gasteiger charge is -2.37. The minimum absolute atomic E-state index is 0.149. The second kappa shape index (κ2) is 7.12. The van der Waals surface area contributed by atoms with E-state index >= 15 is 0 Å². The number of carbonyl (C=O) groups is 1. The van der Waals surface area contributed by atoms with Crippen LogP contribution in [0.25, 0.3) is 10.8 Å². The Kier molecular flexibility index (Phi) is 4.94. The third kappa shape index (κ3) is 3.72. The smallest absolute Gasteiger partial charge is 0.263 e. The molecule has 3 heterocycles. The van der Waals surface area contributed by atoms with Crippen LogP contribution in [0, 0.1) is 0 Å². The molecular formula is C15H18N4O3S. The Morgan fingerprint density at radius 3 is 2.78 bits per heavy atom. The molecule has 1 N–H and O–H groups in total. The minimum Gasteiger partial charge on any atom is -0.382 e. The zero-order chi connectivity index (χ0) is 16.1. The van der Waals surface area contributed by atoms with Gasteiger partial charge in [0.05, 0.1) is 18.3 Å². The van der Waals surface area contributed by atoms with Gasteiger partial charge in [-0.05, 0) is 18.9 Å². The Labute approximate surface area is 138 Å². The summed E-state index contributed by atoms with van der Waals surface area (Å²) in [7, 11) is 1.64. The van der Waals surface area contributed by atoms with E-state index in [1.54, 1.807) is 31.8 Å². The highest BCUT2D eigenvalue weighted by Gasteiger charge is 2.35. The van der Waals surface area contributed by atoms with Crippen LogP contribution in [0.3, 0.4) is 0 Å². The van der Waals surface area contributed by atoms with Crippen molar-refractivity contribution in [3.63, 3.8) is 0 Å². The van der Waals surface area contributed by atoms with Crippen LogP contribution in [0.5, 0.6) is 0 Å². The normalized spacial score (nSPS) is 16.9. The van der Waals surface area contributed by atoms with Crippen molar-refractivity contribution in [3.8, 4) is 10.8 Å². The molecule has 7 nitrogen and oxygen atoms in total. The molecule has 1 amide bonds. The lowest BCUT2D eigenvalue weighted by molar-refractivity contribution is 0.00213. The molecule has 0 saturated carbocycles. The minimum atomic E-state index is -0.377. The van der Waals surface area contributed by atoms with Crippen molar-refractivity contribution in [2.75, 3.05) is 26.9 Å². The lowest BCUT2D eigenvalue weighted by atomic mass is 9.91. The Hall–Kier alpha value is -1.90. The standard InChI is InChI=1S/C15H18N4O3S/c1-21-10-15(3-7-22-8-4-15)19-13(20)11-9-18-14(23-11)12-16-5-2-6-17-12/h2,5-6,9H,3-4,7-8,10H2,1H3,(H,19,20). The molecule has 3 rings (SSSR count). The van der Waals surface area contributed by atoms with Crippen LogP contribution in [0.1, 0.15) is 22.5 Å². The molecule has 0 bridgehead atoms. The van der Waals surface area contributed by atoms with Gasteiger partial charge < -0.3 is 14.8 Å². The maximum absolute atomic E-state index is 12.6. The Morgan fingerprint density at radius 1 is 1.35 bits per heavy atom. The van der Waals surface area contributed by atoms with E-state index in [1.165, 1.54) is 11.3 Å². The topological polar surface area (TPSA) is 86.2 Å². The third-order valence-electron chi connectivity index (χ3n) is 3.74. The van der Waals surface area contributed by atoms with Crippen molar-refractivity contribution in [2.45, 2.75) is 18.4 Å². The number of methoxy groups -OCH3 is 1. The molecule has 1 saturated heterocycles. The number of carbonyl (C=O) groups excluding carboxylic acids is 1. The summed E-state index contributed by atoms with van der Waals surface area (Å²) in [6.07, 6.45) is 6.34. The van der Waals surface area contributed by atoms with Gasteiger partial charge in [0.15, 0.2) is 10.8 Å². The summed E-state index contributed by atoms with van der Waals surface area (Å²) in [5.74, 6) is 0.373. The van der Waals surface area contributed by atoms with Crippen molar-refractivity contribution >= 4 is 17.2 Å². The fourth-order valence-electron chi connectivity index (χ4n) is 2.54. The number of nitrogens with one attached hydrogen (secondary N) is 1. The first kappa shape index (κ1) is 16.0. The molecule has 2 aromatic heterocycles. The average Bonchev–Trinajstić information content (AvgIpc) is 3.07. The van der Waals surface area contributed by atoms with Crippen LogP contribution in [0.4, 0.5) is 0 Å². The van der Waals surface area contributed by atoms with Crippen LogP contribution >= 0.6 is 11.3 Å². The van der Waals surface area contributed by atoms with Crippen molar-refractivity contribution < 1.29 is 14.3 Å². The summed E-state index contributed by atoms with van der Waals surface area (Å²) in [4.78, 5) is 25.6. The molecule has 0 aromatic carbocycles. The lowest BCUT2D eigenvalue weighted by Crippen LogP contribution is -2.54. The van der Waals surface area contributed by atoms with Crippen LogP contribution in [0.15, 0.2) is 24.7 Å². The molecule has 8 heteroatoms. The second-order valence-electron chi connectivity index (χ2n) is 5.38. The first-order chi connectivity index (χ1) is 11.2. The van der Waals surface area contributed by atoms with Crippen molar-refractivity contribution in [1.29, 1.82) is 0 Å². The molecule has 0 spiro atoms. The van der Waals surface area contributed by atoms with Gasteiger partial charge in [-0.3, -0.25) is 4.79 Å². The number of hydrogen-bond acceptors (Lipinski definition) is 7. The van der Waals surface area contributed by atoms with Crippen molar-refractivity contribution in [1.82, 2.24) is 20.3 Å². The first-order valence-electron chi connectivity index (χ1n) is 7.35. The summed E-state index contributed by atoms with van der Waals surface area (Å²) >= 11 is 1.28. The van der Waals surface area contributed by atoms with Crippen molar-refractivity contribution in [2.24, 2.45) is 0 Å². The molecule has 1 fully saturated rings. The van der Waals surface area contributed by atoms with E-state index in [9.17, 15) is 4.79 Å². The van der Waals surface area contributed by atoms with E-state index in [0.717, 1.165) is 12.8 Å². The number of rotatable bonds is 5. The van der Waals surface area contributed by atoms with E-state index in [-0.39, 0.29) is 11.4 Å². The number of thiazole rings is 1. The van der Waals surface area contributed by atoms with Crippen LogP contribution in [0.2, 0.25) is 0 Å². The SMILES string of the molecule is COCC1(NC(=O)c2cnc(-c3ncccn3)s2)CCOCC1. The largest absolute Gasteiger partial charge is 0.382 e. The van der Waals surface area contributed by atoms with Gasteiger partial charge in [0.2, 0.25) is 0 Å². The highest BCUT2D eigenvalue weighted by atomic mass is 32.1. The van der Waals surface area contributed by atoms with Crippen molar-refractivity contribution in [3.05, 3.63) is 29.5 Å². The zero-order valence-corrected chi connectivity index (χ0v) is 13.6. The predicted octanol–water partition coefficient (Wildman–Crippen LogP) is 1.53. The van der Waals surface area contributed by atoms with Gasteiger partial charge in [-0.1, -0.05) is 0 Å². The fourth-order valence-corrected chi connectivity index (χ4v) is 3.30. The number of amides is 1. The summed E-state index contributed by atoms with van der Waals surface area (Å²) < 4.78 is 10.7. The Morgan fingerprint density at radius 2 is 2.09 bits per heavy atom. The summed E-state index contributed by atoms with van der Waals surface area (Å²) in [6, 6.07) is 1.74. The second-order valence-corrected chi connectivity index (χ2v) is 6.41. The summed E-state index contributed by atoms with van der Waals surface area (Å²) in [5, 5.41) is 3.73. The van der Waals surface area contributed by atoms with Gasteiger partial charge in [0.1, 0.15) is 4.88 Å². The number of ether oxygens (including phenoxy) is 2. The number of nitrogens with zero attached hydrogens (tertiary/aromatic N) is 3. The first-order valence-corrected chi connectivity index (χ1v) is 8.16. The molecular weight excluding hydrogens is 316 g/mol. The molecule has 0 unspecified atom stereocenters. The van der Waals surface area contributed by atoms with Gasteiger partial charge in [-0.2, -0.15) is 0 Å². The van der Waals surface area contributed by atoms with E-state index in [0.29, 0.717) is 35.5 Å². The average molecular weight is 334 g/mol. The quantitative estimate of drug-likeness (QED) is 0.892. The third-order valence-corrected chi connectivity index (χ3v) is 4.73. The molecule has 0 aliphatic carbocycles. The molecule has 23 heavy (non-hydrogen) atoms. The van der Waals surface area contributed by atoms with Gasteiger partial charge in [0.25, 0.3) is 5.91 Å². The molecule has 1 aliphatic rings. The number of hydrogen-bond donors (Lipinski definition) is 1. The maximum Gasteiger partial charge on any atom is 0.263 e. The van der Waals surface area contributed by atoms with Crippen LogP contribution in [-0.4, -0.2) is 53.3 Å². The number of aromatic nitrogens is 3. The van der Waals surface area contributed by atoms with Gasteiger partial charge in [0, 0.05) is 32.7 Å². The molecule has 0 radical (unpaired) electrons.